The van der Waals surface area contributed by atoms with Gasteiger partial charge in [-0.1, -0.05) is 32.9 Å². The number of rotatable bonds is 3. The molecule has 20 heavy (non-hydrogen) atoms. The maximum Gasteiger partial charge on any atom is 0.133 e. The van der Waals surface area contributed by atoms with Gasteiger partial charge >= 0.3 is 0 Å². The van der Waals surface area contributed by atoms with Crippen LogP contribution in [-0.2, 0) is 12.0 Å². The Balaban J connectivity index is 2.31. The molecule has 0 aliphatic rings. The van der Waals surface area contributed by atoms with Crippen molar-refractivity contribution in [2.24, 2.45) is 0 Å². The zero-order valence-corrected chi connectivity index (χ0v) is 12.0. The second-order valence-corrected chi connectivity index (χ2v) is 5.79. The SMILES string of the molecule is CC(C)(C)c1cccc(Oc2ccc(F)cc2CO)c1. The van der Waals surface area contributed by atoms with Gasteiger partial charge in [0.05, 0.1) is 6.61 Å². The third-order valence-corrected chi connectivity index (χ3v) is 3.12. The van der Waals surface area contributed by atoms with Gasteiger partial charge in [-0.25, -0.2) is 4.39 Å². The number of ether oxygens (including phenoxy) is 1. The van der Waals surface area contributed by atoms with Crippen molar-refractivity contribution in [2.75, 3.05) is 0 Å². The Bertz CT molecular complexity index is 600. The van der Waals surface area contributed by atoms with Gasteiger partial charge in [0.25, 0.3) is 0 Å². The monoisotopic (exact) mass is 274 g/mol. The number of aliphatic hydroxyl groups excluding tert-OH is 1. The number of hydrogen-bond acceptors (Lipinski definition) is 2. The molecular formula is C17H19FO2. The van der Waals surface area contributed by atoms with E-state index in [4.69, 9.17) is 4.74 Å². The largest absolute Gasteiger partial charge is 0.457 e. The molecule has 0 aliphatic carbocycles. The van der Waals surface area contributed by atoms with Crippen LogP contribution in [0.15, 0.2) is 42.5 Å². The van der Waals surface area contributed by atoms with Gasteiger partial charge in [0.15, 0.2) is 0 Å². The van der Waals surface area contributed by atoms with Crippen LogP contribution in [0, 0.1) is 5.82 Å². The van der Waals surface area contributed by atoms with E-state index in [9.17, 15) is 9.50 Å². The van der Waals surface area contributed by atoms with Crippen LogP contribution in [0.5, 0.6) is 11.5 Å². The molecule has 0 aliphatic heterocycles. The summed E-state index contributed by atoms with van der Waals surface area (Å²) in [7, 11) is 0. The molecule has 2 aromatic rings. The van der Waals surface area contributed by atoms with E-state index in [2.05, 4.69) is 20.8 Å². The summed E-state index contributed by atoms with van der Waals surface area (Å²) in [5.41, 5.74) is 1.62. The van der Waals surface area contributed by atoms with E-state index in [1.807, 2.05) is 24.3 Å². The van der Waals surface area contributed by atoms with Gasteiger partial charge in [0.2, 0.25) is 0 Å². The van der Waals surface area contributed by atoms with Crippen LogP contribution in [0.3, 0.4) is 0 Å². The Labute approximate surface area is 118 Å². The first kappa shape index (κ1) is 14.5. The van der Waals surface area contributed by atoms with Crippen LogP contribution >= 0.6 is 0 Å². The van der Waals surface area contributed by atoms with Crippen molar-refractivity contribution in [1.29, 1.82) is 0 Å². The molecule has 2 nitrogen and oxygen atoms in total. The minimum Gasteiger partial charge on any atom is -0.457 e. The van der Waals surface area contributed by atoms with Crippen LogP contribution in [0.25, 0.3) is 0 Å². The van der Waals surface area contributed by atoms with E-state index in [1.54, 1.807) is 0 Å². The Kier molecular flexibility index (Phi) is 4.09. The van der Waals surface area contributed by atoms with Crippen LogP contribution in [0.4, 0.5) is 4.39 Å². The van der Waals surface area contributed by atoms with E-state index in [0.29, 0.717) is 17.1 Å². The van der Waals surface area contributed by atoms with Crippen LogP contribution in [0.2, 0.25) is 0 Å². The van der Waals surface area contributed by atoms with Crippen molar-refractivity contribution in [3.05, 3.63) is 59.4 Å². The lowest BCUT2D eigenvalue weighted by atomic mass is 9.87. The Morgan fingerprint density at radius 2 is 1.85 bits per heavy atom. The van der Waals surface area contributed by atoms with Gasteiger partial charge in [-0.05, 0) is 41.3 Å². The zero-order valence-electron chi connectivity index (χ0n) is 12.0. The van der Waals surface area contributed by atoms with Gasteiger partial charge < -0.3 is 9.84 Å². The van der Waals surface area contributed by atoms with E-state index >= 15 is 0 Å². The maximum atomic E-state index is 13.1. The number of hydrogen-bond donors (Lipinski definition) is 1. The van der Waals surface area contributed by atoms with Crippen LogP contribution in [-0.4, -0.2) is 5.11 Å². The van der Waals surface area contributed by atoms with Gasteiger partial charge in [-0.3, -0.25) is 0 Å². The molecule has 0 atom stereocenters. The van der Waals surface area contributed by atoms with Crippen molar-refractivity contribution in [3.63, 3.8) is 0 Å². The Morgan fingerprint density at radius 1 is 1.10 bits per heavy atom. The minimum atomic E-state index is -0.384. The molecule has 3 heteroatoms. The highest BCUT2D eigenvalue weighted by Crippen LogP contribution is 2.30. The van der Waals surface area contributed by atoms with E-state index in [1.165, 1.54) is 18.2 Å². The van der Waals surface area contributed by atoms with E-state index in [-0.39, 0.29) is 17.8 Å². The molecule has 0 radical (unpaired) electrons. The van der Waals surface area contributed by atoms with Crippen molar-refractivity contribution < 1.29 is 14.2 Å². The summed E-state index contributed by atoms with van der Waals surface area (Å²) in [6, 6.07) is 11.9. The molecule has 0 unspecified atom stereocenters. The third kappa shape index (κ3) is 3.36. The molecule has 0 bridgehead atoms. The maximum absolute atomic E-state index is 13.1. The molecule has 0 heterocycles. The highest BCUT2D eigenvalue weighted by Gasteiger charge is 2.14. The van der Waals surface area contributed by atoms with Gasteiger partial charge in [0, 0.05) is 5.56 Å². The van der Waals surface area contributed by atoms with Crippen molar-refractivity contribution >= 4 is 0 Å². The molecule has 2 aromatic carbocycles. The van der Waals surface area contributed by atoms with Gasteiger partial charge in [-0.15, -0.1) is 0 Å². The normalized spacial score (nSPS) is 11.4. The summed E-state index contributed by atoms with van der Waals surface area (Å²) in [6.45, 7) is 6.13. The van der Waals surface area contributed by atoms with Crippen molar-refractivity contribution in [2.45, 2.75) is 32.8 Å². The lowest BCUT2D eigenvalue weighted by Gasteiger charge is -2.20. The summed E-state index contributed by atoms with van der Waals surface area (Å²) >= 11 is 0. The fourth-order valence-electron chi connectivity index (χ4n) is 1.92. The van der Waals surface area contributed by atoms with E-state index in [0.717, 1.165) is 5.56 Å². The average Bonchev–Trinajstić information content (AvgIpc) is 2.40. The van der Waals surface area contributed by atoms with Crippen molar-refractivity contribution in [1.82, 2.24) is 0 Å². The average molecular weight is 274 g/mol. The quantitative estimate of drug-likeness (QED) is 0.898. The lowest BCUT2D eigenvalue weighted by Crippen LogP contribution is -2.10. The topological polar surface area (TPSA) is 29.5 Å². The van der Waals surface area contributed by atoms with Crippen molar-refractivity contribution in [3.8, 4) is 11.5 Å². The first-order valence-corrected chi connectivity index (χ1v) is 6.58. The first-order chi connectivity index (χ1) is 9.40. The molecule has 106 valence electrons. The molecular weight excluding hydrogens is 255 g/mol. The summed E-state index contributed by atoms with van der Waals surface area (Å²) in [5, 5.41) is 9.26. The second-order valence-electron chi connectivity index (χ2n) is 5.79. The molecule has 0 fully saturated rings. The van der Waals surface area contributed by atoms with E-state index < -0.39 is 0 Å². The Hall–Kier alpha value is -1.87. The smallest absolute Gasteiger partial charge is 0.133 e. The molecule has 0 saturated heterocycles. The van der Waals surface area contributed by atoms with Gasteiger partial charge in [0.1, 0.15) is 17.3 Å². The van der Waals surface area contributed by atoms with Crippen LogP contribution in [0.1, 0.15) is 31.9 Å². The predicted octanol–water partition coefficient (Wildman–Crippen LogP) is 4.41. The summed E-state index contributed by atoms with van der Waals surface area (Å²) in [4.78, 5) is 0. The standard InChI is InChI=1S/C17H19FO2/c1-17(2,3)13-5-4-6-15(10-13)20-16-8-7-14(18)9-12(16)11-19/h4-10,19H,11H2,1-3H3. The fraction of sp³-hybridized carbons (Fsp3) is 0.294. The summed E-state index contributed by atoms with van der Waals surface area (Å²) in [5.74, 6) is 0.767. The first-order valence-electron chi connectivity index (χ1n) is 6.58. The predicted molar refractivity (Wildman–Crippen MR) is 77.5 cm³/mol. The minimum absolute atomic E-state index is 0.0297. The summed E-state index contributed by atoms with van der Waals surface area (Å²) < 4.78 is 18.9. The fourth-order valence-corrected chi connectivity index (χ4v) is 1.92. The zero-order chi connectivity index (χ0) is 14.8. The molecule has 0 saturated carbocycles. The molecule has 0 spiro atoms. The van der Waals surface area contributed by atoms with Gasteiger partial charge in [-0.2, -0.15) is 0 Å². The molecule has 2 rings (SSSR count). The number of benzene rings is 2. The molecule has 0 aromatic heterocycles. The highest BCUT2D eigenvalue weighted by atomic mass is 19.1. The molecule has 1 N–H and O–H groups in total. The highest BCUT2D eigenvalue weighted by molar-refractivity contribution is 5.40. The second kappa shape index (κ2) is 5.63. The number of halogens is 1. The van der Waals surface area contributed by atoms with Crippen LogP contribution < -0.4 is 4.74 Å². The number of aliphatic hydroxyl groups is 1. The third-order valence-electron chi connectivity index (χ3n) is 3.12. The summed E-state index contributed by atoms with van der Waals surface area (Å²) in [6.07, 6.45) is 0. The lowest BCUT2D eigenvalue weighted by molar-refractivity contribution is 0.275. The molecule has 0 amide bonds. The Morgan fingerprint density at radius 3 is 2.50 bits per heavy atom.